The maximum atomic E-state index is 10.4. The summed E-state index contributed by atoms with van der Waals surface area (Å²) in [6, 6.07) is 0. The van der Waals surface area contributed by atoms with Gasteiger partial charge in [-0.3, -0.25) is 9.69 Å². The van der Waals surface area contributed by atoms with Crippen LogP contribution in [-0.2, 0) is 22.4 Å². The molecule has 1 fully saturated rings. The lowest BCUT2D eigenvalue weighted by Gasteiger charge is -2.25. The van der Waals surface area contributed by atoms with Gasteiger partial charge in [0.25, 0.3) is 0 Å². The highest BCUT2D eigenvalue weighted by molar-refractivity contribution is 5.66. The van der Waals surface area contributed by atoms with Gasteiger partial charge >= 0.3 is 5.97 Å². The van der Waals surface area contributed by atoms with Crippen molar-refractivity contribution in [2.45, 2.75) is 19.3 Å². The molecule has 0 radical (unpaired) electrons. The molecular weight excluding hydrogens is 236 g/mol. The van der Waals surface area contributed by atoms with Gasteiger partial charge in [-0.1, -0.05) is 0 Å². The Hall–Kier alpha value is -1.40. The molecule has 0 aromatic carbocycles. The number of aryl methyl sites for hydroxylation is 1. The van der Waals surface area contributed by atoms with Gasteiger partial charge in [-0.2, -0.15) is 0 Å². The van der Waals surface area contributed by atoms with Gasteiger partial charge in [0.15, 0.2) is 5.89 Å². The van der Waals surface area contributed by atoms with Gasteiger partial charge in [0.1, 0.15) is 5.76 Å². The predicted molar refractivity (Wildman–Crippen MR) is 63.4 cm³/mol. The van der Waals surface area contributed by atoms with E-state index in [1.807, 2.05) is 0 Å². The lowest BCUT2D eigenvalue weighted by molar-refractivity contribution is -0.137. The van der Waals surface area contributed by atoms with Crippen molar-refractivity contribution >= 4 is 5.97 Å². The molecule has 6 heteroatoms. The third-order valence-corrected chi connectivity index (χ3v) is 2.93. The second kappa shape index (κ2) is 6.51. The van der Waals surface area contributed by atoms with Gasteiger partial charge in [0.2, 0.25) is 0 Å². The van der Waals surface area contributed by atoms with Crippen LogP contribution in [0.5, 0.6) is 0 Å². The van der Waals surface area contributed by atoms with E-state index in [1.54, 1.807) is 6.20 Å². The molecule has 1 N–H and O–H groups in total. The smallest absolute Gasteiger partial charge is 0.303 e. The average Bonchev–Trinajstić information content (AvgIpc) is 2.83. The highest BCUT2D eigenvalue weighted by atomic mass is 16.5. The van der Waals surface area contributed by atoms with Gasteiger partial charge in [0, 0.05) is 32.5 Å². The molecule has 1 saturated heterocycles. The number of ether oxygens (including phenoxy) is 1. The van der Waals surface area contributed by atoms with Crippen LogP contribution in [0.2, 0.25) is 0 Å². The number of rotatable bonds is 6. The third-order valence-electron chi connectivity index (χ3n) is 2.93. The fourth-order valence-electron chi connectivity index (χ4n) is 1.89. The van der Waals surface area contributed by atoms with E-state index in [2.05, 4.69) is 9.88 Å². The number of carboxylic acids is 1. The minimum atomic E-state index is -0.818. The first kappa shape index (κ1) is 13.0. The summed E-state index contributed by atoms with van der Waals surface area (Å²) >= 11 is 0. The quantitative estimate of drug-likeness (QED) is 0.799. The second-order valence-electron chi connectivity index (χ2n) is 4.32. The van der Waals surface area contributed by atoms with Crippen molar-refractivity contribution in [3.8, 4) is 0 Å². The van der Waals surface area contributed by atoms with Crippen molar-refractivity contribution in [1.82, 2.24) is 9.88 Å². The Morgan fingerprint density at radius 1 is 1.39 bits per heavy atom. The first-order chi connectivity index (χ1) is 8.74. The van der Waals surface area contributed by atoms with Crippen molar-refractivity contribution < 1.29 is 19.1 Å². The van der Waals surface area contributed by atoms with Crippen LogP contribution in [0, 0.1) is 0 Å². The number of aliphatic carboxylic acids is 1. The van der Waals surface area contributed by atoms with Crippen LogP contribution in [0.15, 0.2) is 10.6 Å². The van der Waals surface area contributed by atoms with Crippen LogP contribution >= 0.6 is 0 Å². The Labute approximate surface area is 106 Å². The maximum Gasteiger partial charge on any atom is 0.303 e. The van der Waals surface area contributed by atoms with Crippen molar-refractivity contribution in [2.75, 3.05) is 32.8 Å². The zero-order chi connectivity index (χ0) is 12.8. The largest absolute Gasteiger partial charge is 0.481 e. The van der Waals surface area contributed by atoms with Crippen molar-refractivity contribution in [3.05, 3.63) is 17.8 Å². The molecule has 2 heterocycles. The molecule has 6 nitrogen and oxygen atoms in total. The number of morpholine rings is 1. The molecular formula is C12H18N2O4. The number of carboxylic acid groups (broad SMARTS) is 1. The van der Waals surface area contributed by atoms with Gasteiger partial charge in [-0.25, -0.2) is 4.98 Å². The van der Waals surface area contributed by atoms with Crippen LogP contribution in [0.1, 0.15) is 18.1 Å². The van der Waals surface area contributed by atoms with Crippen LogP contribution in [0.3, 0.4) is 0 Å². The minimum Gasteiger partial charge on any atom is -0.481 e. The molecule has 0 unspecified atom stereocenters. The molecule has 1 aliphatic heterocycles. The summed E-state index contributed by atoms with van der Waals surface area (Å²) in [4.78, 5) is 16.9. The number of aromatic nitrogens is 1. The summed E-state index contributed by atoms with van der Waals surface area (Å²) in [5.74, 6) is 0.512. The van der Waals surface area contributed by atoms with Crippen molar-refractivity contribution in [2.24, 2.45) is 0 Å². The number of carbonyl (C=O) groups is 1. The van der Waals surface area contributed by atoms with E-state index < -0.39 is 5.97 Å². The Kier molecular flexibility index (Phi) is 4.72. The van der Waals surface area contributed by atoms with Crippen LogP contribution in [-0.4, -0.2) is 53.8 Å². The molecule has 0 spiro atoms. The molecule has 0 amide bonds. The molecule has 1 aromatic heterocycles. The molecule has 0 saturated carbocycles. The van der Waals surface area contributed by atoms with E-state index >= 15 is 0 Å². The molecule has 1 aliphatic rings. The first-order valence-corrected chi connectivity index (χ1v) is 6.19. The summed E-state index contributed by atoms with van der Waals surface area (Å²) < 4.78 is 10.8. The average molecular weight is 254 g/mol. The van der Waals surface area contributed by atoms with Gasteiger partial charge < -0.3 is 14.3 Å². The molecule has 0 aliphatic carbocycles. The van der Waals surface area contributed by atoms with Gasteiger partial charge in [-0.05, 0) is 0 Å². The minimum absolute atomic E-state index is 0.0814. The zero-order valence-corrected chi connectivity index (χ0v) is 10.3. The predicted octanol–water partition coefficient (Wildman–Crippen LogP) is 0.567. The first-order valence-electron chi connectivity index (χ1n) is 6.19. The van der Waals surface area contributed by atoms with Crippen LogP contribution < -0.4 is 0 Å². The number of hydrogen-bond donors (Lipinski definition) is 1. The normalized spacial score (nSPS) is 16.9. The molecule has 18 heavy (non-hydrogen) atoms. The van der Waals surface area contributed by atoms with Gasteiger partial charge in [-0.15, -0.1) is 0 Å². The van der Waals surface area contributed by atoms with Crippen molar-refractivity contribution in [3.63, 3.8) is 0 Å². The highest BCUT2D eigenvalue weighted by Crippen LogP contribution is 2.08. The zero-order valence-electron chi connectivity index (χ0n) is 10.3. The highest BCUT2D eigenvalue weighted by Gasteiger charge is 2.12. The lowest BCUT2D eigenvalue weighted by Crippen LogP contribution is -2.37. The maximum absolute atomic E-state index is 10.4. The second-order valence-corrected chi connectivity index (χ2v) is 4.32. The van der Waals surface area contributed by atoms with E-state index in [-0.39, 0.29) is 6.42 Å². The fraction of sp³-hybridized carbons (Fsp3) is 0.667. The monoisotopic (exact) mass is 254 g/mol. The summed E-state index contributed by atoms with van der Waals surface area (Å²) in [6.07, 6.45) is 2.86. The topological polar surface area (TPSA) is 75.8 Å². The number of nitrogens with zero attached hydrogens (tertiary/aromatic N) is 2. The Morgan fingerprint density at radius 3 is 2.89 bits per heavy atom. The van der Waals surface area contributed by atoms with E-state index in [9.17, 15) is 4.79 Å². The van der Waals surface area contributed by atoms with E-state index in [0.717, 1.165) is 39.3 Å². The summed E-state index contributed by atoms with van der Waals surface area (Å²) in [7, 11) is 0. The Balaban J connectivity index is 1.73. The van der Waals surface area contributed by atoms with E-state index in [0.29, 0.717) is 18.1 Å². The van der Waals surface area contributed by atoms with Crippen LogP contribution in [0.4, 0.5) is 0 Å². The molecule has 0 atom stereocenters. The number of hydrogen-bond acceptors (Lipinski definition) is 5. The third kappa shape index (κ3) is 4.12. The summed E-state index contributed by atoms with van der Waals surface area (Å²) in [6.45, 7) is 4.38. The molecule has 2 rings (SSSR count). The summed E-state index contributed by atoms with van der Waals surface area (Å²) in [5, 5.41) is 8.57. The number of oxazole rings is 1. The van der Waals surface area contributed by atoms with E-state index in [4.69, 9.17) is 14.3 Å². The fourth-order valence-corrected chi connectivity index (χ4v) is 1.89. The van der Waals surface area contributed by atoms with Gasteiger partial charge in [0.05, 0.1) is 25.8 Å². The standard InChI is InChI=1S/C12H18N2O4/c15-12(16)2-1-10-9-13-11(18-10)3-4-14-5-7-17-8-6-14/h9H,1-8H2,(H,15,16). The molecule has 1 aromatic rings. The molecule has 0 bridgehead atoms. The molecule has 100 valence electrons. The Bertz CT molecular complexity index is 385. The lowest BCUT2D eigenvalue weighted by atomic mass is 10.3. The van der Waals surface area contributed by atoms with Crippen LogP contribution in [0.25, 0.3) is 0 Å². The Morgan fingerprint density at radius 2 is 2.17 bits per heavy atom. The summed E-state index contributed by atoms with van der Waals surface area (Å²) in [5.41, 5.74) is 0. The SMILES string of the molecule is O=C(O)CCc1cnc(CCN2CCOCC2)o1. The van der Waals surface area contributed by atoms with E-state index in [1.165, 1.54) is 0 Å². The van der Waals surface area contributed by atoms with Crippen molar-refractivity contribution in [1.29, 1.82) is 0 Å².